The van der Waals surface area contributed by atoms with E-state index < -0.39 is 0 Å². The van der Waals surface area contributed by atoms with Crippen molar-refractivity contribution in [2.24, 2.45) is 0 Å². The zero-order valence-electron chi connectivity index (χ0n) is 12.2. The van der Waals surface area contributed by atoms with Crippen molar-refractivity contribution in [1.29, 1.82) is 0 Å². The maximum Gasteiger partial charge on any atom is 0.315 e. The van der Waals surface area contributed by atoms with Gasteiger partial charge in [-0.2, -0.15) is 0 Å². The van der Waals surface area contributed by atoms with E-state index >= 15 is 0 Å². The van der Waals surface area contributed by atoms with Crippen LogP contribution in [0.2, 0.25) is 0 Å². The summed E-state index contributed by atoms with van der Waals surface area (Å²) >= 11 is 0. The molecule has 2 atom stereocenters. The van der Waals surface area contributed by atoms with E-state index in [2.05, 4.69) is 10.6 Å². The molecule has 114 valence electrons. The number of hydrogen-bond acceptors (Lipinski definition) is 3. The van der Waals surface area contributed by atoms with E-state index in [9.17, 15) is 4.79 Å². The average Bonchev–Trinajstić information content (AvgIpc) is 2.87. The van der Waals surface area contributed by atoms with Crippen LogP contribution in [0.1, 0.15) is 51.4 Å². The second-order valence-corrected chi connectivity index (χ2v) is 6.48. The molecule has 2 amide bonds. The number of carbonyl (C=O) groups excluding carboxylic acids is 1. The van der Waals surface area contributed by atoms with Crippen LogP contribution in [0, 0.1) is 0 Å². The minimum atomic E-state index is -0.138. The summed E-state index contributed by atoms with van der Waals surface area (Å²) in [5, 5.41) is 6.25. The van der Waals surface area contributed by atoms with Crippen LogP contribution in [0.4, 0.5) is 4.79 Å². The largest absolute Gasteiger partial charge is 0.378 e. The van der Waals surface area contributed by atoms with Gasteiger partial charge in [0.25, 0.3) is 0 Å². The molecule has 0 bridgehead atoms. The van der Waals surface area contributed by atoms with Crippen molar-refractivity contribution in [2.45, 2.75) is 69.1 Å². The molecule has 3 fully saturated rings. The Balaban J connectivity index is 1.45. The van der Waals surface area contributed by atoms with Crippen LogP contribution in [-0.4, -0.2) is 43.5 Å². The molecule has 2 saturated heterocycles. The van der Waals surface area contributed by atoms with E-state index in [1.807, 2.05) is 0 Å². The van der Waals surface area contributed by atoms with E-state index in [-0.39, 0.29) is 17.7 Å². The van der Waals surface area contributed by atoms with E-state index in [0.29, 0.717) is 12.6 Å². The standard InChI is InChI=1S/C15H26N2O3/c18-14(16-12-4-2-1-3-5-12)17-13-6-8-20-15(10-13)7-9-19-11-15/h12-13H,1-11H2,(H2,16,17,18). The Kier molecular flexibility index (Phi) is 4.46. The zero-order valence-corrected chi connectivity index (χ0v) is 12.2. The van der Waals surface area contributed by atoms with Gasteiger partial charge >= 0.3 is 6.03 Å². The molecule has 5 heteroatoms. The highest BCUT2D eigenvalue weighted by Crippen LogP contribution is 2.32. The van der Waals surface area contributed by atoms with Crippen LogP contribution >= 0.6 is 0 Å². The van der Waals surface area contributed by atoms with Crippen LogP contribution in [0.3, 0.4) is 0 Å². The van der Waals surface area contributed by atoms with E-state index in [1.165, 1.54) is 19.3 Å². The third-order valence-corrected chi connectivity index (χ3v) is 4.84. The number of ether oxygens (including phenoxy) is 2. The minimum absolute atomic E-state index is 0.00198. The molecule has 2 aliphatic heterocycles. The molecule has 1 saturated carbocycles. The summed E-state index contributed by atoms with van der Waals surface area (Å²) in [6.07, 6.45) is 8.77. The lowest BCUT2D eigenvalue weighted by atomic mass is 9.90. The molecule has 0 aromatic carbocycles. The van der Waals surface area contributed by atoms with Gasteiger partial charge in [-0.3, -0.25) is 0 Å². The minimum Gasteiger partial charge on any atom is -0.378 e. The summed E-state index contributed by atoms with van der Waals surface area (Å²) < 4.78 is 11.4. The lowest BCUT2D eigenvalue weighted by molar-refractivity contribution is -0.0878. The second-order valence-electron chi connectivity index (χ2n) is 6.48. The van der Waals surface area contributed by atoms with Gasteiger partial charge in [-0.15, -0.1) is 0 Å². The van der Waals surface area contributed by atoms with Gasteiger partial charge in [0.1, 0.15) is 0 Å². The third-order valence-electron chi connectivity index (χ3n) is 4.84. The maximum atomic E-state index is 12.1. The lowest BCUT2D eigenvalue weighted by Crippen LogP contribution is -2.52. The summed E-state index contributed by atoms with van der Waals surface area (Å²) in [6, 6.07) is 0.583. The van der Waals surface area contributed by atoms with E-state index in [1.54, 1.807) is 0 Å². The number of rotatable bonds is 2. The second kappa shape index (κ2) is 6.31. The highest BCUT2D eigenvalue weighted by molar-refractivity contribution is 5.74. The summed E-state index contributed by atoms with van der Waals surface area (Å²) in [7, 11) is 0. The molecule has 2 unspecified atom stereocenters. The van der Waals surface area contributed by atoms with Crippen LogP contribution in [0.15, 0.2) is 0 Å². The molecule has 5 nitrogen and oxygen atoms in total. The highest BCUT2D eigenvalue weighted by atomic mass is 16.6. The van der Waals surface area contributed by atoms with Crippen molar-refractivity contribution in [2.75, 3.05) is 19.8 Å². The fraction of sp³-hybridized carbons (Fsp3) is 0.933. The fourth-order valence-electron chi connectivity index (χ4n) is 3.67. The number of amides is 2. The molecule has 0 aromatic heterocycles. The van der Waals surface area contributed by atoms with E-state index in [0.717, 1.165) is 45.3 Å². The molecule has 3 aliphatic rings. The number of nitrogens with one attached hydrogen (secondary N) is 2. The molecule has 1 spiro atoms. The molecule has 20 heavy (non-hydrogen) atoms. The zero-order chi connectivity index (χ0) is 13.8. The van der Waals surface area contributed by atoms with Crippen LogP contribution in [0.25, 0.3) is 0 Å². The smallest absolute Gasteiger partial charge is 0.315 e. The summed E-state index contributed by atoms with van der Waals surface area (Å²) in [6.45, 7) is 2.17. The van der Waals surface area contributed by atoms with Crippen molar-refractivity contribution in [3.63, 3.8) is 0 Å². The average molecular weight is 282 g/mol. The molecular weight excluding hydrogens is 256 g/mol. The number of carbonyl (C=O) groups is 1. The lowest BCUT2D eigenvalue weighted by Gasteiger charge is -2.37. The van der Waals surface area contributed by atoms with Gasteiger partial charge in [-0.25, -0.2) is 4.79 Å². The Labute approximate surface area is 120 Å². The number of urea groups is 1. The molecule has 3 rings (SSSR count). The van der Waals surface area contributed by atoms with Gasteiger partial charge < -0.3 is 20.1 Å². The van der Waals surface area contributed by atoms with Crippen LogP contribution in [0.5, 0.6) is 0 Å². The van der Waals surface area contributed by atoms with Gasteiger partial charge in [0, 0.05) is 31.7 Å². The quantitative estimate of drug-likeness (QED) is 0.814. The predicted molar refractivity (Wildman–Crippen MR) is 75.7 cm³/mol. The van der Waals surface area contributed by atoms with Gasteiger partial charge in [-0.05, 0) is 25.7 Å². The first-order valence-electron chi connectivity index (χ1n) is 8.05. The summed E-state index contributed by atoms with van der Waals surface area (Å²) in [5.74, 6) is 0. The first-order valence-corrected chi connectivity index (χ1v) is 8.05. The number of hydrogen-bond donors (Lipinski definition) is 2. The van der Waals surface area contributed by atoms with Crippen molar-refractivity contribution in [1.82, 2.24) is 10.6 Å². The Morgan fingerprint density at radius 2 is 1.80 bits per heavy atom. The van der Waals surface area contributed by atoms with E-state index in [4.69, 9.17) is 9.47 Å². The molecule has 1 aliphatic carbocycles. The van der Waals surface area contributed by atoms with Crippen molar-refractivity contribution in [3.05, 3.63) is 0 Å². The van der Waals surface area contributed by atoms with Gasteiger partial charge in [-0.1, -0.05) is 19.3 Å². The summed E-state index contributed by atoms with van der Waals surface area (Å²) in [4.78, 5) is 12.1. The fourth-order valence-corrected chi connectivity index (χ4v) is 3.67. The van der Waals surface area contributed by atoms with Crippen molar-refractivity contribution < 1.29 is 14.3 Å². The van der Waals surface area contributed by atoms with Gasteiger partial charge in [0.15, 0.2) is 0 Å². The van der Waals surface area contributed by atoms with Gasteiger partial charge in [0.2, 0.25) is 0 Å². The van der Waals surface area contributed by atoms with Crippen molar-refractivity contribution in [3.8, 4) is 0 Å². The highest BCUT2D eigenvalue weighted by Gasteiger charge is 2.41. The van der Waals surface area contributed by atoms with Crippen molar-refractivity contribution >= 4 is 6.03 Å². The Morgan fingerprint density at radius 3 is 2.55 bits per heavy atom. The van der Waals surface area contributed by atoms with Crippen LogP contribution < -0.4 is 10.6 Å². The normalized spacial score (nSPS) is 35.1. The SMILES string of the molecule is O=C(NC1CCCCC1)NC1CCOC2(CCOC2)C1. The third kappa shape index (κ3) is 3.44. The van der Waals surface area contributed by atoms with Gasteiger partial charge in [0.05, 0.1) is 12.2 Å². The Hall–Kier alpha value is -0.810. The molecule has 2 N–H and O–H groups in total. The predicted octanol–water partition coefficient (Wildman–Crippen LogP) is 1.96. The molecule has 2 heterocycles. The Bertz CT molecular complexity index is 336. The van der Waals surface area contributed by atoms with Crippen LogP contribution in [-0.2, 0) is 9.47 Å². The topological polar surface area (TPSA) is 59.6 Å². The Morgan fingerprint density at radius 1 is 1.00 bits per heavy atom. The first kappa shape index (κ1) is 14.1. The summed E-state index contributed by atoms with van der Waals surface area (Å²) in [5.41, 5.74) is -0.138. The molecule has 0 aromatic rings. The maximum absolute atomic E-state index is 12.1. The monoisotopic (exact) mass is 282 g/mol. The molecular formula is C15H26N2O3. The first-order chi connectivity index (χ1) is 9.76. The molecule has 0 radical (unpaired) electrons.